The van der Waals surface area contributed by atoms with Crippen LogP contribution >= 0.6 is 0 Å². The van der Waals surface area contributed by atoms with E-state index >= 15 is 0 Å². The number of aliphatic hydroxyl groups excluding tert-OH is 1. The molecule has 278 valence electrons. The SMILES string of the molecule is Cc1ccc([C@@H]2O[C@H](C(C)(C)O)[C@@H](OCc3ccccc3)[C@H](OCc3ccccc3)[C@H]2OCc2ccccc2)cc1Cc1ccc(CCCCO)cc1. The number of unbranched alkanes of at least 4 members (excludes halogenated alkanes) is 1. The molecule has 6 heteroatoms. The van der Waals surface area contributed by atoms with Gasteiger partial charge >= 0.3 is 0 Å². The Morgan fingerprint density at radius 3 is 1.62 bits per heavy atom. The molecule has 5 aromatic carbocycles. The predicted molar refractivity (Wildman–Crippen MR) is 209 cm³/mol. The zero-order valence-electron chi connectivity index (χ0n) is 31.3. The molecule has 6 nitrogen and oxygen atoms in total. The summed E-state index contributed by atoms with van der Waals surface area (Å²) in [5, 5.41) is 20.9. The summed E-state index contributed by atoms with van der Waals surface area (Å²) >= 11 is 0. The first-order valence-corrected chi connectivity index (χ1v) is 18.9. The van der Waals surface area contributed by atoms with Crippen LogP contribution in [-0.2, 0) is 51.6 Å². The van der Waals surface area contributed by atoms with Gasteiger partial charge in [-0.05, 0) is 91.0 Å². The van der Waals surface area contributed by atoms with E-state index < -0.39 is 36.1 Å². The molecule has 0 radical (unpaired) electrons. The van der Waals surface area contributed by atoms with E-state index in [4.69, 9.17) is 18.9 Å². The highest BCUT2D eigenvalue weighted by atomic mass is 16.6. The fraction of sp³-hybridized carbons (Fsp3) is 0.362. The normalized spacial score (nSPS) is 20.4. The van der Waals surface area contributed by atoms with Crippen molar-refractivity contribution in [2.45, 2.75) is 102 Å². The molecule has 1 aliphatic rings. The number of hydrogen-bond acceptors (Lipinski definition) is 6. The van der Waals surface area contributed by atoms with E-state index in [2.05, 4.69) is 73.7 Å². The van der Waals surface area contributed by atoms with Gasteiger partial charge in [0.1, 0.15) is 30.5 Å². The first-order valence-electron chi connectivity index (χ1n) is 18.9. The Hall–Kier alpha value is -4.14. The van der Waals surface area contributed by atoms with Crippen molar-refractivity contribution in [3.63, 3.8) is 0 Å². The number of ether oxygens (including phenoxy) is 4. The van der Waals surface area contributed by atoms with Gasteiger partial charge in [0, 0.05) is 6.61 Å². The fourth-order valence-corrected chi connectivity index (χ4v) is 7.08. The van der Waals surface area contributed by atoms with Crippen molar-refractivity contribution in [1.82, 2.24) is 0 Å². The molecule has 2 N–H and O–H groups in total. The molecule has 0 aliphatic carbocycles. The van der Waals surface area contributed by atoms with Crippen LogP contribution in [0.5, 0.6) is 0 Å². The third-order valence-electron chi connectivity index (χ3n) is 10.1. The van der Waals surface area contributed by atoms with Crippen molar-refractivity contribution < 1.29 is 29.2 Å². The van der Waals surface area contributed by atoms with E-state index in [0.29, 0.717) is 19.8 Å². The number of hydrogen-bond donors (Lipinski definition) is 2. The van der Waals surface area contributed by atoms with Crippen LogP contribution < -0.4 is 0 Å². The van der Waals surface area contributed by atoms with Crippen molar-refractivity contribution in [2.24, 2.45) is 0 Å². The van der Waals surface area contributed by atoms with Crippen LogP contribution in [0.15, 0.2) is 133 Å². The number of aryl methyl sites for hydroxylation is 2. The van der Waals surface area contributed by atoms with E-state index in [1.807, 2.05) is 66.7 Å². The Balaban J connectivity index is 1.36. The van der Waals surface area contributed by atoms with Gasteiger partial charge < -0.3 is 29.2 Å². The van der Waals surface area contributed by atoms with Crippen molar-refractivity contribution >= 4 is 0 Å². The number of rotatable bonds is 17. The lowest BCUT2D eigenvalue weighted by molar-refractivity contribution is -0.294. The Bertz CT molecular complexity index is 1800. The molecule has 0 aromatic heterocycles. The van der Waals surface area contributed by atoms with Crippen LogP contribution in [0.1, 0.15) is 77.3 Å². The third kappa shape index (κ3) is 10.7. The van der Waals surface area contributed by atoms with E-state index in [9.17, 15) is 10.2 Å². The number of benzene rings is 5. The maximum absolute atomic E-state index is 11.7. The minimum atomic E-state index is -1.26. The van der Waals surface area contributed by atoms with Gasteiger partial charge in [-0.3, -0.25) is 0 Å². The first-order chi connectivity index (χ1) is 25.8. The summed E-state index contributed by atoms with van der Waals surface area (Å²) in [6.45, 7) is 6.97. The van der Waals surface area contributed by atoms with Crippen LogP contribution in [0.25, 0.3) is 0 Å². The highest BCUT2D eigenvalue weighted by Gasteiger charge is 2.53. The molecule has 1 heterocycles. The second-order valence-electron chi connectivity index (χ2n) is 14.8. The quantitative estimate of drug-likeness (QED) is 0.0938. The summed E-state index contributed by atoms with van der Waals surface area (Å²) in [4.78, 5) is 0. The van der Waals surface area contributed by atoms with Gasteiger partial charge in [-0.1, -0.05) is 133 Å². The van der Waals surface area contributed by atoms with Crippen molar-refractivity contribution in [3.05, 3.63) is 178 Å². The second kappa shape index (κ2) is 18.8. The van der Waals surface area contributed by atoms with Gasteiger partial charge in [0.2, 0.25) is 0 Å². The van der Waals surface area contributed by atoms with Crippen LogP contribution in [-0.4, -0.2) is 46.8 Å². The summed E-state index contributed by atoms with van der Waals surface area (Å²) in [6, 6.07) is 45.6. The molecule has 0 amide bonds. The van der Waals surface area contributed by atoms with Crippen molar-refractivity contribution in [2.75, 3.05) is 6.61 Å². The number of aliphatic hydroxyl groups is 2. The molecule has 53 heavy (non-hydrogen) atoms. The van der Waals surface area contributed by atoms with E-state index in [1.54, 1.807) is 13.8 Å². The fourth-order valence-electron chi connectivity index (χ4n) is 7.08. The molecule has 0 saturated carbocycles. The van der Waals surface area contributed by atoms with Crippen molar-refractivity contribution in [1.29, 1.82) is 0 Å². The highest BCUT2D eigenvalue weighted by molar-refractivity contribution is 5.38. The van der Waals surface area contributed by atoms with Crippen molar-refractivity contribution in [3.8, 4) is 0 Å². The van der Waals surface area contributed by atoms with E-state index in [-0.39, 0.29) is 6.61 Å². The summed E-state index contributed by atoms with van der Waals surface area (Å²) in [5.41, 5.74) is 7.71. The lowest BCUT2D eigenvalue weighted by Crippen LogP contribution is -2.62. The highest BCUT2D eigenvalue weighted by Crippen LogP contribution is 2.42. The Morgan fingerprint density at radius 1 is 0.585 bits per heavy atom. The molecular formula is C47H54O6. The molecular weight excluding hydrogens is 661 g/mol. The summed E-state index contributed by atoms with van der Waals surface area (Å²) in [7, 11) is 0. The first kappa shape index (κ1) is 38.6. The second-order valence-corrected chi connectivity index (χ2v) is 14.8. The minimum Gasteiger partial charge on any atom is -0.396 e. The Kier molecular flexibility index (Phi) is 13.7. The van der Waals surface area contributed by atoms with E-state index in [1.165, 1.54) is 22.3 Å². The molecule has 0 bridgehead atoms. The zero-order chi connectivity index (χ0) is 37.0. The topological polar surface area (TPSA) is 77.4 Å². The van der Waals surface area contributed by atoms with Gasteiger partial charge in [-0.15, -0.1) is 0 Å². The lowest BCUT2D eigenvalue weighted by Gasteiger charge is -2.49. The summed E-state index contributed by atoms with van der Waals surface area (Å²) in [5.74, 6) is 0. The lowest BCUT2D eigenvalue weighted by atomic mass is 9.83. The monoisotopic (exact) mass is 714 g/mol. The zero-order valence-corrected chi connectivity index (χ0v) is 31.3. The predicted octanol–water partition coefficient (Wildman–Crippen LogP) is 8.87. The van der Waals surface area contributed by atoms with Crippen LogP contribution in [0.4, 0.5) is 0 Å². The van der Waals surface area contributed by atoms with Gasteiger partial charge in [-0.25, -0.2) is 0 Å². The standard InChI is InChI=1S/C47H54O6/c1-34-22-27-40(30-41(34)29-36-25-23-35(24-26-36)15-13-14-28-48)42-43(50-31-37-16-7-4-8-17-37)44(51-32-38-18-9-5-10-19-38)45(46(53-42)47(2,3)49)52-33-39-20-11-6-12-21-39/h4-12,16-27,30,42-46,48-49H,13-15,28-29,31-33H2,1-3H3/t42-,43-,44+,45-,46-/m0/s1. The molecule has 5 aromatic rings. The average Bonchev–Trinajstić information content (AvgIpc) is 3.18. The molecule has 5 atom stereocenters. The maximum Gasteiger partial charge on any atom is 0.117 e. The summed E-state index contributed by atoms with van der Waals surface area (Å²) < 4.78 is 27.6. The van der Waals surface area contributed by atoms with Crippen LogP contribution in [0, 0.1) is 6.92 Å². The van der Waals surface area contributed by atoms with Gasteiger partial charge in [-0.2, -0.15) is 0 Å². The molecule has 6 rings (SSSR count). The van der Waals surface area contributed by atoms with E-state index in [0.717, 1.165) is 47.9 Å². The third-order valence-corrected chi connectivity index (χ3v) is 10.1. The average molecular weight is 715 g/mol. The van der Waals surface area contributed by atoms with Crippen LogP contribution in [0.3, 0.4) is 0 Å². The van der Waals surface area contributed by atoms with Gasteiger partial charge in [0.05, 0.1) is 25.4 Å². The summed E-state index contributed by atoms with van der Waals surface area (Å²) in [6.07, 6.45) is 0.461. The molecule has 0 spiro atoms. The maximum atomic E-state index is 11.7. The smallest absolute Gasteiger partial charge is 0.117 e. The largest absolute Gasteiger partial charge is 0.396 e. The van der Waals surface area contributed by atoms with Gasteiger partial charge in [0.15, 0.2) is 0 Å². The molecule has 0 unspecified atom stereocenters. The molecule has 1 aliphatic heterocycles. The molecule has 1 fully saturated rings. The van der Waals surface area contributed by atoms with Gasteiger partial charge in [0.25, 0.3) is 0 Å². The Morgan fingerprint density at radius 2 is 1.09 bits per heavy atom. The minimum absolute atomic E-state index is 0.231. The molecule has 1 saturated heterocycles. The Labute approximate surface area is 315 Å². The van der Waals surface area contributed by atoms with Crippen LogP contribution in [0.2, 0.25) is 0 Å².